The van der Waals surface area contributed by atoms with Crippen LogP contribution < -0.4 is 4.74 Å². The van der Waals surface area contributed by atoms with Gasteiger partial charge in [-0.3, -0.25) is 19.3 Å². The van der Waals surface area contributed by atoms with Crippen molar-refractivity contribution in [2.24, 2.45) is 0 Å². The Morgan fingerprint density at radius 3 is 2.65 bits per heavy atom. The number of carbonyl (C=O) groups is 3. The second-order valence-corrected chi connectivity index (χ2v) is 12.4. The van der Waals surface area contributed by atoms with Gasteiger partial charge in [0.05, 0.1) is 49.2 Å². The number of fused-ring (bicyclic) bond motifs is 6. The van der Waals surface area contributed by atoms with Crippen molar-refractivity contribution in [2.75, 3.05) is 40.1 Å². The van der Waals surface area contributed by atoms with E-state index in [0.29, 0.717) is 26.2 Å². The Balaban J connectivity index is 1.31. The first-order valence-corrected chi connectivity index (χ1v) is 15.6. The van der Waals surface area contributed by atoms with Crippen LogP contribution in [0.1, 0.15) is 75.8 Å². The fourth-order valence-electron chi connectivity index (χ4n) is 7.66. The minimum atomic E-state index is -2.08. The topological polar surface area (TPSA) is 171 Å². The smallest absolute Gasteiger partial charge is 0.202 e. The molecular weight excluding hydrogens is 602 g/mol. The number of phenolic OH excluding ortho intramolecular Hbond substituents is 2. The van der Waals surface area contributed by atoms with Gasteiger partial charge in [-0.25, -0.2) is 0 Å². The Morgan fingerprint density at radius 2 is 1.89 bits per heavy atom. The van der Waals surface area contributed by atoms with E-state index in [1.165, 1.54) is 19.2 Å². The third kappa shape index (κ3) is 4.76. The summed E-state index contributed by atoms with van der Waals surface area (Å²) in [6.07, 6.45) is -3.28. The normalized spacial score (nSPS) is 31.8. The summed E-state index contributed by atoms with van der Waals surface area (Å²) in [6.45, 7) is 5.10. The Hall–Kier alpha value is -3.43. The number of morpholine rings is 1. The summed E-state index contributed by atoms with van der Waals surface area (Å²) >= 11 is 0. The highest BCUT2D eigenvalue weighted by atomic mass is 16.7. The summed E-state index contributed by atoms with van der Waals surface area (Å²) in [7, 11) is 1.36. The first kappa shape index (κ1) is 31.2. The van der Waals surface area contributed by atoms with Gasteiger partial charge in [-0.2, -0.15) is 0 Å². The summed E-state index contributed by atoms with van der Waals surface area (Å²) in [5.41, 5.74) is -2.97. The Labute approximate surface area is 264 Å². The standard InChI is InChI=1S/C33H37NO12/c1-4-42-13-21(35)33(40)11-17-25(20(12-33)45-23-10-18-32(15(2)44-23)46-22-14-43-9-8-34(18)22)31(39)27-26(29(17)37)28(36)16-6-5-7-19(41-3)24(16)30(27)38/h5-7,15,18,20,22-23,32,37,39-40H,4,8-14H2,1-3H3/t15-,18?,20-,22+,23-,32+,33-/m0/s1. The molecule has 7 rings (SSSR count). The van der Waals surface area contributed by atoms with Gasteiger partial charge in [0.2, 0.25) is 5.78 Å². The van der Waals surface area contributed by atoms with Crippen molar-refractivity contribution in [2.45, 2.75) is 75.6 Å². The van der Waals surface area contributed by atoms with E-state index in [1.807, 2.05) is 6.92 Å². The molecule has 1 unspecified atom stereocenters. The largest absolute Gasteiger partial charge is 0.507 e. The number of carbonyl (C=O) groups excluding carboxylic acids is 3. The molecule has 246 valence electrons. The summed E-state index contributed by atoms with van der Waals surface area (Å²) in [5.74, 6) is -3.10. The van der Waals surface area contributed by atoms with Crippen LogP contribution >= 0.6 is 0 Å². The number of phenols is 2. The van der Waals surface area contributed by atoms with Gasteiger partial charge in [-0.1, -0.05) is 12.1 Å². The maximum atomic E-state index is 13.9. The number of hydrogen-bond acceptors (Lipinski definition) is 13. The van der Waals surface area contributed by atoms with Crippen molar-refractivity contribution in [3.05, 3.63) is 51.6 Å². The fraction of sp³-hybridized carbons (Fsp3) is 0.545. The summed E-state index contributed by atoms with van der Waals surface area (Å²) in [5, 5.41) is 35.3. The molecule has 0 radical (unpaired) electrons. The van der Waals surface area contributed by atoms with Crippen LogP contribution in [0, 0.1) is 0 Å². The minimum Gasteiger partial charge on any atom is -0.507 e. The van der Waals surface area contributed by atoms with Crippen LogP contribution in [-0.4, -0.2) is 114 Å². The molecule has 3 N–H and O–H groups in total. The van der Waals surface area contributed by atoms with E-state index in [2.05, 4.69) is 4.90 Å². The average Bonchev–Trinajstić information content (AvgIpc) is 3.42. The number of rotatable bonds is 7. The number of aromatic hydroxyl groups is 2. The predicted molar refractivity (Wildman–Crippen MR) is 157 cm³/mol. The van der Waals surface area contributed by atoms with E-state index in [-0.39, 0.29) is 65.5 Å². The number of benzene rings is 2. The van der Waals surface area contributed by atoms with Crippen LogP contribution in [0.2, 0.25) is 0 Å². The molecule has 5 aliphatic rings. The van der Waals surface area contributed by atoms with Crippen molar-refractivity contribution in [3.8, 4) is 17.2 Å². The number of nitrogens with zero attached hydrogens (tertiary/aromatic N) is 1. The summed E-state index contributed by atoms with van der Waals surface area (Å²) in [6, 6.07) is 4.45. The van der Waals surface area contributed by atoms with Crippen LogP contribution in [0.5, 0.6) is 17.2 Å². The molecule has 0 amide bonds. The molecule has 2 aromatic carbocycles. The monoisotopic (exact) mass is 639 g/mol. The zero-order valence-corrected chi connectivity index (χ0v) is 25.8. The van der Waals surface area contributed by atoms with Crippen LogP contribution in [-0.2, 0) is 34.9 Å². The summed E-state index contributed by atoms with van der Waals surface area (Å²) in [4.78, 5) is 43.3. The maximum absolute atomic E-state index is 13.9. The third-order valence-corrected chi connectivity index (χ3v) is 9.85. The number of Topliss-reactive ketones (excluding diaryl/α,β-unsaturated/α-hetero) is 1. The molecule has 0 saturated carbocycles. The number of ketones is 3. The van der Waals surface area contributed by atoms with Gasteiger partial charge in [0.1, 0.15) is 41.8 Å². The third-order valence-electron chi connectivity index (χ3n) is 9.85. The molecule has 3 fully saturated rings. The van der Waals surface area contributed by atoms with Gasteiger partial charge >= 0.3 is 0 Å². The van der Waals surface area contributed by atoms with E-state index in [0.717, 1.165) is 0 Å². The van der Waals surface area contributed by atoms with Gasteiger partial charge in [0.25, 0.3) is 0 Å². The number of hydrogen-bond donors (Lipinski definition) is 3. The van der Waals surface area contributed by atoms with Gasteiger partial charge < -0.3 is 43.7 Å². The van der Waals surface area contributed by atoms with Crippen LogP contribution in [0.25, 0.3) is 0 Å². The zero-order chi connectivity index (χ0) is 32.5. The van der Waals surface area contributed by atoms with Gasteiger partial charge in [0.15, 0.2) is 17.9 Å². The first-order chi connectivity index (χ1) is 22.1. The molecule has 0 aromatic heterocycles. The summed E-state index contributed by atoms with van der Waals surface area (Å²) < 4.78 is 35.2. The molecule has 46 heavy (non-hydrogen) atoms. The number of ether oxygens (including phenoxy) is 6. The molecule has 13 nitrogen and oxygen atoms in total. The Morgan fingerprint density at radius 1 is 1.11 bits per heavy atom. The molecule has 3 saturated heterocycles. The average molecular weight is 640 g/mol. The predicted octanol–water partition coefficient (Wildman–Crippen LogP) is 1.78. The SMILES string of the molecule is CCOCC(=O)[C@]1(O)Cc2c(O)c3c(c(O)c2[C@@H](O[C@H]2CC4[C@H](O[C@@H]5COCCN45)[C@H](C)O2)C1)C(=O)c1c(OC)cccc1C3=O. The molecule has 0 spiro atoms. The quantitative estimate of drug-likeness (QED) is 0.320. The molecule has 2 aromatic rings. The van der Waals surface area contributed by atoms with Crippen LogP contribution in [0.15, 0.2) is 18.2 Å². The number of methoxy groups -OCH3 is 1. The van der Waals surface area contributed by atoms with Crippen LogP contribution in [0.3, 0.4) is 0 Å². The van der Waals surface area contributed by atoms with E-state index < -0.39 is 71.0 Å². The lowest BCUT2D eigenvalue weighted by atomic mass is 9.72. The molecule has 3 aliphatic heterocycles. The molecule has 2 aliphatic carbocycles. The number of aliphatic hydroxyl groups is 1. The molecule has 0 bridgehead atoms. The highest BCUT2D eigenvalue weighted by molar-refractivity contribution is 6.31. The van der Waals surface area contributed by atoms with Gasteiger partial charge in [-0.05, 0) is 19.9 Å². The van der Waals surface area contributed by atoms with Gasteiger partial charge in [0, 0.05) is 55.1 Å². The second-order valence-electron chi connectivity index (χ2n) is 12.4. The van der Waals surface area contributed by atoms with Crippen molar-refractivity contribution < 1.29 is 58.1 Å². The molecule has 7 atom stereocenters. The Kier molecular flexibility index (Phi) is 7.91. The van der Waals surface area contributed by atoms with Crippen molar-refractivity contribution >= 4 is 17.3 Å². The molecular formula is C33H37NO12. The lowest BCUT2D eigenvalue weighted by Gasteiger charge is -2.43. The molecule has 3 heterocycles. The highest BCUT2D eigenvalue weighted by Gasteiger charge is 2.53. The minimum absolute atomic E-state index is 0.00265. The highest BCUT2D eigenvalue weighted by Crippen LogP contribution is 2.53. The van der Waals surface area contributed by atoms with E-state index >= 15 is 0 Å². The fourth-order valence-corrected chi connectivity index (χ4v) is 7.66. The maximum Gasteiger partial charge on any atom is 0.202 e. The van der Waals surface area contributed by atoms with E-state index in [9.17, 15) is 29.7 Å². The van der Waals surface area contributed by atoms with Crippen LogP contribution in [0.4, 0.5) is 0 Å². The van der Waals surface area contributed by atoms with Crippen molar-refractivity contribution in [1.29, 1.82) is 0 Å². The lowest BCUT2D eigenvalue weighted by Crippen LogP contribution is -2.53. The molecule has 13 heteroatoms. The zero-order valence-electron chi connectivity index (χ0n) is 25.8. The van der Waals surface area contributed by atoms with E-state index in [4.69, 9.17) is 28.4 Å². The van der Waals surface area contributed by atoms with Crippen molar-refractivity contribution in [1.82, 2.24) is 4.90 Å². The second kappa shape index (κ2) is 11.7. The van der Waals surface area contributed by atoms with E-state index in [1.54, 1.807) is 13.0 Å². The van der Waals surface area contributed by atoms with Crippen molar-refractivity contribution in [3.63, 3.8) is 0 Å². The Bertz CT molecular complexity index is 1610. The lowest BCUT2D eigenvalue weighted by molar-refractivity contribution is -0.247. The van der Waals surface area contributed by atoms with Gasteiger partial charge in [-0.15, -0.1) is 0 Å². The first-order valence-electron chi connectivity index (χ1n) is 15.6.